The molecule has 0 saturated carbocycles. The van der Waals surface area contributed by atoms with E-state index in [9.17, 15) is 18.0 Å². The number of aromatic nitrogens is 1. The summed E-state index contributed by atoms with van der Waals surface area (Å²) >= 11 is 1.72. The fourth-order valence-corrected chi connectivity index (χ4v) is 4.08. The zero-order valence-corrected chi connectivity index (χ0v) is 15.6. The van der Waals surface area contributed by atoms with Crippen molar-refractivity contribution in [3.05, 3.63) is 45.8 Å². The molecule has 3 heterocycles. The van der Waals surface area contributed by atoms with Gasteiger partial charge in [-0.2, -0.15) is 13.2 Å². The minimum atomic E-state index is -4.42. The molecule has 146 valence electrons. The Morgan fingerprint density at radius 1 is 1.44 bits per heavy atom. The lowest BCUT2D eigenvalue weighted by Crippen LogP contribution is -2.44. The number of ether oxygens (including phenoxy) is 1. The molecule has 0 aliphatic carbocycles. The Labute approximate surface area is 159 Å². The van der Waals surface area contributed by atoms with Gasteiger partial charge in [0.15, 0.2) is 6.61 Å². The van der Waals surface area contributed by atoms with Crippen LogP contribution >= 0.6 is 11.3 Å². The SMILES string of the molecule is CCC1c2ccsc2CCN1C(=O)NCc1ccnc(OCC(F)(F)F)c1. The summed E-state index contributed by atoms with van der Waals surface area (Å²) in [5.74, 6) is -0.119. The highest BCUT2D eigenvalue weighted by molar-refractivity contribution is 7.10. The predicted molar refractivity (Wildman–Crippen MR) is 95.8 cm³/mol. The van der Waals surface area contributed by atoms with Gasteiger partial charge in [-0.25, -0.2) is 9.78 Å². The molecular weight excluding hydrogens is 379 g/mol. The molecular formula is C18H20F3N3O2S. The number of fused-ring (bicyclic) bond motifs is 1. The Kier molecular flexibility index (Phi) is 5.88. The first-order valence-electron chi connectivity index (χ1n) is 8.62. The average Bonchev–Trinajstić information content (AvgIpc) is 3.12. The molecule has 1 aliphatic rings. The predicted octanol–water partition coefficient (Wildman–Crippen LogP) is 4.30. The molecule has 27 heavy (non-hydrogen) atoms. The Balaban J connectivity index is 1.59. The molecule has 0 radical (unpaired) electrons. The minimum Gasteiger partial charge on any atom is -0.468 e. The fraction of sp³-hybridized carbons (Fsp3) is 0.444. The zero-order chi connectivity index (χ0) is 19.4. The molecule has 1 N–H and O–H groups in total. The highest BCUT2D eigenvalue weighted by Gasteiger charge is 2.30. The lowest BCUT2D eigenvalue weighted by Gasteiger charge is -2.35. The van der Waals surface area contributed by atoms with Crippen molar-refractivity contribution in [2.24, 2.45) is 0 Å². The second-order valence-electron chi connectivity index (χ2n) is 6.23. The fourth-order valence-electron chi connectivity index (χ4n) is 3.15. The summed E-state index contributed by atoms with van der Waals surface area (Å²) in [4.78, 5) is 19.5. The molecule has 0 fully saturated rings. The van der Waals surface area contributed by atoms with Crippen molar-refractivity contribution in [1.29, 1.82) is 0 Å². The third-order valence-corrected chi connectivity index (χ3v) is 5.37. The largest absolute Gasteiger partial charge is 0.468 e. The first-order chi connectivity index (χ1) is 12.9. The Morgan fingerprint density at radius 3 is 3.00 bits per heavy atom. The first-order valence-corrected chi connectivity index (χ1v) is 9.50. The lowest BCUT2D eigenvalue weighted by atomic mass is 9.98. The second-order valence-corrected chi connectivity index (χ2v) is 7.23. The maximum absolute atomic E-state index is 12.6. The quantitative estimate of drug-likeness (QED) is 0.816. The maximum Gasteiger partial charge on any atom is 0.422 e. The van der Waals surface area contributed by atoms with Crippen LogP contribution in [0.2, 0.25) is 0 Å². The van der Waals surface area contributed by atoms with Crippen LogP contribution in [0.4, 0.5) is 18.0 Å². The molecule has 5 nitrogen and oxygen atoms in total. The van der Waals surface area contributed by atoms with Gasteiger partial charge in [0.25, 0.3) is 0 Å². The number of rotatable bonds is 5. The van der Waals surface area contributed by atoms with E-state index in [1.807, 2.05) is 17.2 Å². The van der Waals surface area contributed by atoms with E-state index in [2.05, 4.69) is 21.1 Å². The number of carbonyl (C=O) groups is 1. The molecule has 3 rings (SSSR count). The van der Waals surface area contributed by atoms with E-state index in [1.165, 1.54) is 22.7 Å². The maximum atomic E-state index is 12.6. The number of halogens is 3. The number of nitrogens with zero attached hydrogens (tertiary/aromatic N) is 2. The minimum absolute atomic E-state index is 0.0446. The van der Waals surface area contributed by atoms with Crippen molar-refractivity contribution in [3.63, 3.8) is 0 Å². The van der Waals surface area contributed by atoms with Crippen LogP contribution in [0.5, 0.6) is 5.88 Å². The van der Waals surface area contributed by atoms with Gasteiger partial charge in [0.05, 0.1) is 6.04 Å². The van der Waals surface area contributed by atoms with Crippen LogP contribution in [0.25, 0.3) is 0 Å². The molecule has 2 amide bonds. The summed E-state index contributed by atoms with van der Waals surface area (Å²) in [7, 11) is 0. The average molecular weight is 399 g/mol. The van der Waals surface area contributed by atoms with Crippen LogP contribution in [0.3, 0.4) is 0 Å². The highest BCUT2D eigenvalue weighted by Crippen LogP contribution is 2.35. The number of alkyl halides is 3. The van der Waals surface area contributed by atoms with Crippen LogP contribution in [0.15, 0.2) is 29.8 Å². The van der Waals surface area contributed by atoms with E-state index >= 15 is 0 Å². The van der Waals surface area contributed by atoms with Gasteiger partial charge in [-0.05, 0) is 41.5 Å². The second kappa shape index (κ2) is 8.16. The summed E-state index contributed by atoms with van der Waals surface area (Å²) in [6.07, 6.45) is -1.40. The van der Waals surface area contributed by atoms with Crippen LogP contribution in [0.1, 0.15) is 35.4 Å². The van der Waals surface area contributed by atoms with Crippen LogP contribution < -0.4 is 10.1 Å². The summed E-state index contributed by atoms with van der Waals surface area (Å²) in [5, 5.41) is 4.89. The van der Waals surface area contributed by atoms with Gasteiger partial charge >= 0.3 is 12.2 Å². The molecule has 1 atom stereocenters. The van der Waals surface area contributed by atoms with Crippen LogP contribution in [-0.2, 0) is 13.0 Å². The Hall–Kier alpha value is -2.29. The van der Waals surface area contributed by atoms with Crippen molar-refractivity contribution in [2.45, 2.75) is 38.5 Å². The van der Waals surface area contributed by atoms with E-state index in [-0.39, 0.29) is 24.5 Å². The van der Waals surface area contributed by atoms with E-state index in [4.69, 9.17) is 0 Å². The third-order valence-electron chi connectivity index (χ3n) is 4.37. The standard InChI is InChI=1S/C18H20F3N3O2S/c1-2-14-13-5-8-27-15(13)4-7-24(14)17(25)23-10-12-3-6-22-16(9-12)26-11-18(19,20)21/h3,5-6,8-9,14H,2,4,7,10-11H2,1H3,(H,23,25). The number of amides is 2. The van der Waals surface area contributed by atoms with E-state index < -0.39 is 12.8 Å². The molecule has 0 aromatic carbocycles. The molecule has 0 bridgehead atoms. The zero-order valence-electron chi connectivity index (χ0n) is 14.8. The summed E-state index contributed by atoms with van der Waals surface area (Å²) in [6, 6.07) is 4.96. The Morgan fingerprint density at radius 2 is 2.26 bits per heavy atom. The Bertz CT molecular complexity index is 794. The van der Waals surface area contributed by atoms with Crippen molar-refractivity contribution in [3.8, 4) is 5.88 Å². The monoisotopic (exact) mass is 399 g/mol. The van der Waals surface area contributed by atoms with Crippen molar-refractivity contribution in [2.75, 3.05) is 13.2 Å². The van der Waals surface area contributed by atoms with Crippen molar-refractivity contribution in [1.82, 2.24) is 15.2 Å². The van der Waals surface area contributed by atoms with E-state index in [0.717, 1.165) is 12.8 Å². The number of hydrogen-bond acceptors (Lipinski definition) is 4. The highest BCUT2D eigenvalue weighted by atomic mass is 32.1. The summed E-state index contributed by atoms with van der Waals surface area (Å²) in [5.41, 5.74) is 1.83. The summed E-state index contributed by atoms with van der Waals surface area (Å²) in [6.45, 7) is 1.48. The van der Waals surface area contributed by atoms with E-state index in [1.54, 1.807) is 17.4 Å². The van der Waals surface area contributed by atoms with Gasteiger partial charge < -0.3 is 15.0 Å². The molecule has 9 heteroatoms. The first kappa shape index (κ1) is 19.5. The van der Waals surface area contributed by atoms with Gasteiger partial charge in [-0.1, -0.05) is 6.92 Å². The number of urea groups is 1. The van der Waals surface area contributed by atoms with Crippen molar-refractivity contribution >= 4 is 17.4 Å². The molecule has 1 aliphatic heterocycles. The number of hydrogen-bond donors (Lipinski definition) is 1. The molecule has 2 aromatic heterocycles. The molecule has 0 spiro atoms. The summed E-state index contributed by atoms with van der Waals surface area (Å²) < 4.78 is 41.4. The van der Waals surface area contributed by atoms with Gasteiger partial charge in [0.2, 0.25) is 5.88 Å². The lowest BCUT2D eigenvalue weighted by molar-refractivity contribution is -0.154. The smallest absolute Gasteiger partial charge is 0.422 e. The van der Waals surface area contributed by atoms with E-state index in [0.29, 0.717) is 12.1 Å². The van der Waals surface area contributed by atoms with Crippen LogP contribution in [0, 0.1) is 0 Å². The normalized spacial score (nSPS) is 16.7. The van der Waals surface area contributed by atoms with Crippen LogP contribution in [-0.4, -0.2) is 35.2 Å². The molecule has 2 aromatic rings. The number of nitrogens with one attached hydrogen (secondary N) is 1. The van der Waals surface area contributed by atoms with Gasteiger partial charge in [-0.15, -0.1) is 11.3 Å². The number of carbonyl (C=O) groups excluding carboxylic acids is 1. The van der Waals surface area contributed by atoms with Gasteiger partial charge in [0.1, 0.15) is 0 Å². The molecule has 1 unspecified atom stereocenters. The third kappa shape index (κ3) is 4.91. The number of pyridine rings is 1. The topological polar surface area (TPSA) is 54.5 Å². The number of thiophene rings is 1. The van der Waals surface area contributed by atoms with Gasteiger partial charge in [-0.3, -0.25) is 0 Å². The van der Waals surface area contributed by atoms with Gasteiger partial charge in [0, 0.05) is 30.2 Å². The van der Waals surface area contributed by atoms with Crippen molar-refractivity contribution < 1.29 is 22.7 Å². The molecule has 0 saturated heterocycles.